The zero-order chi connectivity index (χ0) is 17.6. The van der Waals surface area contributed by atoms with Gasteiger partial charge in [-0.05, 0) is 35.9 Å². The number of anilines is 1. The average molecular weight is 333 g/mol. The molecule has 25 heavy (non-hydrogen) atoms. The quantitative estimate of drug-likeness (QED) is 0.626. The first-order valence-corrected chi connectivity index (χ1v) is 7.76. The Bertz CT molecular complexity index is 945. The minimum atomic E-state index is -0.419. The van der Waals surface area contributed by atoms with E-state index < -0.39 is 5.91 Å². The van der Waals surface area contributed by atoms with Gasteiger partial charge in [0.25, 0.3) is 11.8 Å². The molecule has 4 rings (SSSR count). The summed E-state index contributed by atoms with van der Waals surface area (Å²) in [7, 11) is 3.39. The van der Waals surface area contributed by atoms with Crippen LogP contribution in [0.3, 0.4) is 0 Å². The van der Waals surface area contributed by atoms with Crippen LogP contribution in [0, 0.1) is 0 Å². The van der Waals surface area contributed by atoms with Crippen molar-refractivity contribution >= 4 is 29.5 Å². The van der Waals surface area contributed by atoms with E-state index in [4.69, 9.17) is 4.74 Å². The molecule has 6 nitrogen and oxygen atoms in total. The lowest BCUT2D eigenvalue weighted by Gasteiger charge is -2.31. The Hall–Kier alpha value is -3.41. The van der Waals surface area contributed by atoms with Gasteiger partial charge in [-0.15, -0.1) is 0 Å². The summed E-state index contributed by atoms with van der Waals surface area (Å²) in [4.78, 5) is 32.7. The van der Waals surface area contributed by atoms with E-state index in [9.17, 15) is 9.59 Å². The van der Waals surface area contributed by atoms with Crippen LogP contribution < -0.4 is 9.64 Å². The van der Waals surface area contributed by atoms with Crippen LogP contribution in [-0.2, 0) is 4.79 Å². The summed E-state index contributed by atoms with van der Waals surface area (Å²) in [6, 6.07) is 14.4. The van der Waals surface area contributed by atoms with Gasteiger partial charge in [-0.2, -0.15) is 0 Å². The predicted octanol–water partition coefficient (Wildman–Crippen LogP) is 2.52. The molecule has 0 saturated heterocycles. The molecule has 2 aromatic rings. The third-order valence-corrected chi connectivity index (χ3v) is 4.26. The zero-order valence-electron chi connectivity index (χ0n) is 13.8. The van der Waals surface area contributed by atoms with Crippen molar-refractivity contribution in [3.8, 4) is 5.75 Å². The Balaban J connectivity index is 1.75. The maximum Gasteiger partial charge on any atom is 0.286 e. The molecule has 6 heteroatoms. The standard InChI is InChI=1S/C19H15N3O3/c1-21-16-6-4-3-5-14(16)17(23)22-18(24)15(20-19(21)22)11-12-7-9-13(25-2)10-8-12/h3-11H,1-2H3/b15-11+. The fraction of sp³-hybridized carbons (Fsp3) is 0.105. The van der Waals surface area contributed by atoms with Gasteiger partial charge >= 0.3 is 0 Å². The molecule has 0 unspecified atom stereocenters. The normalized spacial score (nSPS) is 17.5. The molecule has 0 aromatic heterocycles. The molecular weight excluding hydrogens is 318 g/mol. The molecule has 2 aliphatic heterocycles. The van der Waals surface area contributed by atoms with Gasteiger partial charge in [0.2, 0.25) is 5.96 Å². The maximum absolute atomic E-state index is 12.7. The number of carbonyl (C=O) groups excluding carboxylic acids is 2. The molecule has 0 spiro atoms. The Morgan fingerprint density at radius 3 is 2.44 bits per heavy atom. The number of hydrogen-bond donors (Lipinski definition) is 0. The number of para-hydroxylation sites is 1. The van der Waals surface area contributed by atoms with E-state index in [1.165, 1.54) is 0 Å². The average Bonchev–Trinajstić information content (AvgIpc) is 2.97. The molecule has 0 atom stereocenters. The smallest absolute Gasteiger partial charge is 0.286 e. The second kappa shape index (κ2) is 5.59. The number of aliphatic imine (C=N–C) groups is 1. The van der Waals surface area contributed by atoms with Crippen LogP contribution in [0.5, 0.6) is 5.75 Å². The number of ether oxygens (including phenoxy) is 1. The Morgan fingerprint density at radius 2 is 1.72 bits per heavy atom. The van der Waals surface area contributed by atoms with Crippen molar-refractivity contribution < 1.29 is 14.3 Å². The highest BCUT2D eigenvalue weighted by atomic mass is 16.5. The number of amides is 2. The van der Waals surface area contributed by atoms with Crippen molar-refractivity contribution in [2.24, 2.45) is 4.99 Å². The van der Waals surface area contributed by atoms with Gasteiger partial charge in [0.05, 0.1) is 18.4 Å². The number of nitrogens with zero attached hydrogens (tertiary/aromatic N) is 3. The Kier molecular flexibility index (Phi) is 3.39. The molecule has 0 saturated carbocycles. The van der Waals surface area contributed by atoms with E-state index in [0.29, 0.717) is 11.5 Å². The first kappa shape index (κ1) is 15.1. The number of guanidine groups is 1. The molecule has 0 N–H and O–H groups in total. The summed E-state index contributed by atoms with van der Waals surface area (Å²) in [5.41, 5.74) is 2.26. The number of benzene rings is 2. The molecular formula is C19H15N3O3. The fourth-order valence-electron chi connectivity index (χ4n) is 2.95. The van der Waals surface area contributed by atoms with Gasteiger partial charge in [0.1, 0.15) is 11.4 Å². The van der Waals surface area contributed by atoms with Crippen LogP contribution in [0.4, 0.5) is 5.69 Å². The lowest BCUT2D eigenvalue weighted by Crippen LogP contribution is -2.50. The van der Waals surface area contributed by atoms with Crippen molar-refractivity contribution in [1.82, 2.24) is 4.90 Å². The number of carbonyl (C=O) groups is 2. The van der Waals surface area contributed by atoms with E-state index >= 15 is 0 Å². The van der Waals surface area contributed by atoms with Crippen molar-refractivity contribution in [2.45, 2.75) is 0 Å². The molecule has 2 heterocycles. The number of imide groups is 1. The third-order valence-electron chi connectivity index (χ3n) is 4.26. The number of methoxy groups -OCH3 is 1. The topological polar surface area (TPSA) is 62.2 Å². The molecule has 2 amide bonds. The largest absolute Gasteiger partial charge is 0.497 e. The second-order valence-electron chi connectivity index (χ2n) is 5.74. The second-order valence-corrected chi connectivity index (χ2v) is 5.74. The number of fused-ring (bicyclic) bond motifs is 2. The van der Waals surface area contributed by atoms with Gasteiger partial charge in [-0.25, -0.2) is 9.89 Å². The summed E-state index contributed by atoms with van der Waals surface area (Å²) < 4.78 is 5.13. The highest BCUT2D eigenvalue weighted by Crippen LogP contribution is 2.32. The van der Waals surface area contributed by atoms with Crippen molar-refractivity contribution in [1.29, 1.82) is 0 Å². The lowest BCUT2D eigenvalue weighted by molar-refractivity contribution is -0.121. The van der Waals surface area contributed by atoms with Crippen LogP contribution in [0.2, 0.25) is 0 Å². The highest BCUT2D eigenvalue weighted by Gasteiger charge is 2.42. The van der Waals surface area contributed by atoms with Gasteiger partial charge in [-0.3, -0.25) is 9.59 Å². The zero-order valence-corrected chi connectivity index (χ0v) is 13.8. The summed E-state index contributed by atoms with van der Waals surface area (Å²) in [5.74, 6) is 0.287. The fourth-order valence-corrected chi connectivity index (χ4v) is 2.95. The van der Waals surface area contributed by atoms with Gasteiger partial charge in [0, 0.05) is 7.05 Å². The van der Waals surface area contributed by atoms with Crippen LogP contribution in [0.1, 0.15) is 15.9 Å². The SMILES string of the molecule is COc1ccc(/C=C2/N=C3N(C2=O)C(=O)c2ccccc2N3C)cc1. The monoisotopic (exact) mass is 333 g/mol. The van der Waals surface area contributed by atoms with Gasteiger partial charge in [0.15, 0.2) is 0 Å². The van der Waals surface area contributed by atoms with Crippen molar-refractivity contribution in [2.75, 3.05) is 19.1 Å². The van der Waals surface area contributed by atoms with Crippen molar-refractivity contribution in [3.05, 3.63) is 65.4 Å². The van der Waals surface area contributed by atoms with E-state index in [1.54, 1.807) is 49.4 Å². The van der Waals surface area contributed by atoms with Gasteiger partial charge in [-0.1, -0.05) is 24.3 Å². The van der Waals surface area contributed by atoms with Crippen LogP contribution in [-0.4, -0.2) is 36.8 Å². The first-order valence-electron chi connectivity index (χ1n) is 7.76. The predicted molar refractivity (Wildman–Crippen MR) is 94.4 cm³/mol. The molecule has 0 radical (unpaired) electrons. The number of rotatable bonds is 2. The highest BCUT2D eigenvalue weighted by molar-refractivity contribution is 6.32. The molecule has 0 aliphatic carbocycles. The summed E-state index contributed by atoms with van der Waals surface area (Å²) >= 11 is 0. The number of hydrogen-bond acceptors (Lipinski definition) is 5. The van der Waals surface area contributed by atoms with Gasteiger partial charge < -0.3 is 9.64 Å². The summed E-state index contributed by atoms with van der Waals surface area (Å²) in [6.45, 7) is 0. The van der Waals surface area contributed by atoms with Crippen molar-refractivity contribution in [3.63, 3.8) is 0 Å². The molecule has 124 valence electrons. The van der Waals surface area contributed by atoms with E-state index in [-0.39, 0.29) is 11.6 Å². The van der Waals surface area contributed by atoms with Crippen LogP contribution in [0.25, 0.3) is 6.08 Å². The molecule has 2 aliphatic rings. The van der Waals surface area contributed by atoms with Crippen LogP contribution in [0.15, 0.2) is 59.2 Å². The molecule has 0 fully saturated rings. The maximum atomic E-state index is 12.7. The minimum absolute atomic E-state index is 0.230. The van der Waals surface area contributed by atoms with Crippen LogP contribution >= 0.6 is 0 Å². The molecule has 0 bridgehead atoms. The third kappa shape index (κ3) is 2.30. The first-order chi connectivity index (χ1) is 12.1. The molecule has 2 aromatic carbocycles. The summed E-state index contributed by atoms with van der Waals surface area (Å²) in [5, 5.41) is 0. The van der Waals surface area contributed by atoms with E-state index in [2.05, 4.69) is 4.99 Å². The van der Waals surface area contributed by atoms with E-state index in [0.717, 1.165) is 21.9 Å². The van der Waals surface area contributed by atoms with E-state index in [1.807, 2.05) is 24.3 Å². The minimum Gasteiger partial charge on any atom is -0.497 e. The Morgan fingerprint density at radius 1 is 1.00 bits per heavy atom. The lowest BCUT2D eigenvalue weighted by atomic mass is 10.1. The Labute approximate surface area is 144 Å². The summed E-state index contributed by atoms with van der Waals surface area (Å²) in [6.07, 6.45) is 1.67.